The lowest BCUT2D eigenvalue weighted by Crippen LogP contribution is -2.60. The Morgan fingerprint density at radius 3 is 1.95 bits per heavy atom. The van der Waals surface area contributed by atoms with Crippen molar-refractivity contribution in [3.63, 3.8) is 0 Å². The van der Waals surface area contributed by atoms with Crippen LogP contribution in [0.25, 0.3) is 44.3 Å². The zero-order valence-corrected chi connectivity index (χ0v) is 29.5. The van der Waals surface area contributed by atoms with Crippen LogP contribution in [0.4, 0.5) is 17.2 Å². The molecule has 8 heteroatoms. The number of hydrogen-bond donors (Lipinski definition) is 0. The third-order valence-corrected chi connectivity index (χ3v) is 11.4. The molecular weight excluding hydrogens is 673 g/mol. The molecule has 10 aromatic rings. The molecule has 7 nitrogen and oxygen atoms in total. The number of pyridine rings is 4. The summed E-state index contributed by atoms with van der Waals surface area (Å²) < 4.78 is 4.86. The van der Waals surface area contributed by atoms with Crippen LogP contribution >= 0.6 is 0 Å². The highest BCUT2D eigenvalue weighted by Gasteiger charge is 2.44. The van der Waals surface area contributed by atoms with E-state index < -0.39 is 0 Å². The monoisotopic (exact) mass is 703 g/mol. The maximum absolute atomic E-state index is 5.15. The number of para-hydroxylation sites is 3. The molecule has 4 aromatic carbocycles. The molecule has 0 radical (unpaired) electrons. The quantitative estimate of drug-likeness (QED) is 0.170. The number of rotatable bonds is 5. The minimum atomic E-state index is -0.231. The van der Waals surface area contributed by atoms with E-state index in [1.807, 2.05) is 43.0 Å². The highest BCUT2D eigenvalue weighted by molar-refractivity contribution is 7.00. The van der Waals surface area contributed by atoms with Crippen molar-refractivity contribution >= 4 is 73.1 Å². The molecule has 0 saturated heterocycles. The van der Waals surface area contributed by atoms with Crippen LogP contribution in [-0.2, 0) is 0 Å². The Kier molecular flexibility index (Phi) is 6.36. The topological polar surface area (TPSA) is 64.7 Å². The van der Waals surface area contributed by atoms with Crippen LogP contribution in [0.5, 0.6) is 0 Å². The zero-order chi connectivity index (χ0) is 36.0. The molecule has 8 heterocycles. The van der Waals surface area contributed by atoms with E-state index in [1.165, 1.54) is 38.1 Å². The minimum absolute atomic E-state index is 0.0457. The first-order valence-electron chi connectivity index (χ1n) is 18.6. The van der Waals surface area contributed by atoms with Crippen LogP contribution in [0, 0.1) is 0 Å². The van der Waals surface area contributed by atoms with Crippen LogP contribution in [0.15, 0.2) is 176 Å². The molecule has 2 aliphatic heterocycles. The standard InChI is InChI=1S/C47H30BN7/c1-2-14-31(15-3-1)53-39-28-30(42(36-20-6-9-24-49-36)37-21-7-10-25-50-37)29-40-44(39)48(35-19-13-27-52-46(35)53)34-18-12-17-33-43-32-16-4-5-22-38(32)54(41-23-8-11-26-51-41)47(43)55(40)45(33)34/h1-29,42H. The van der Waals surface area contributed by atoms with Crippen LogP contribution in [-0.4, -0.2) is 35.8 Å². The molecular formula is C47H30BN7. The first-order valence-corrected chi connectivity index (χ1v) is 18.6. The van der Waals surface area contributed by atoms with E-state index in [1.54, 1.807) is 0 Å². The van der Waals surface area contributed by atoms with E-state index in [0.717, 1.165) is 56.8 Å². The van der Waals surface area contributed by atoms with Gasteiger partial charge in [-0.2, -0.15) is 0 Å². The molecule has 0 atom stereocenters. The molecule has 0 unspecified atom stereocenters. The van der Waals surface area contributed by atoms with E-state index in [2.05, 4.69) is 147 Å². The van der Waals surface area contributed by atoms with Gasteiger partial charge in [-0.25, -0.2) is 9.97 Å². The molecule has 256 valence electrons. The summed E-state index contributed by atoms with van der Waals surface area (Å²) in [5.74, 6) is 1.58. The predicted molar refractivity (Wildman–Crippen MR) is 222 cm³/mol. The number of anilines is 3. The van der Waals surface area contributed by atoms with Gasteiger partial charge in [-0.15, -0.1) is 0 Å². The van der Waals surface area contributed by atoms with Crippen molar-refractivity contribution in [1.29, 1.82) is 0 Å². The Bertz CT molecular complexity index is 3070. The maximum atomic E-state index is 5.15. The van der Waals surface area contributed by atoms with Gasteiger partial charge in [-0.1, -0.05) is 78.9 Å². The van der Waals surface area contributed by atoms with Crippen molar-refractivity contribution in [2.24, 2.45) is 0 Å². The molecule has 0 saturated carbocycles. The van der Waals surface area contributed by atoms with Crippen LogP contribution in [0.2, 0.25) is 0 Å². The molecule has 55 heavy (non-hydrogen) atoms. The van der Waals surface area contributed by atoms with E-state index in [9.17, 15) is 0 Å². The molecule has 0 aliphatic carbocycles. The zero-order valence-electron chi connectivity index (χ0n) is 29.5. The van der Waals surface area contributed by atoms with Gasteiger partial charge in [-0.3, -0.25) is 24.0 Å². The summed E-state index contributed by atoms with van der Waals surface area (Å²) in [5.41, 5.74) is 13.4. The second-order valence-electron chi connectivity index (χ2n) is 14.3. The van der Waals surface area contributed by atoms with Crippen molar-refractivity contribution in [2.45, 2.75) is 5.92 Å². The lowest BCUT2D eigenvalue weighted by Gasteiger charge is -2.40. The van der Waals surface area contributed by atoms with Gasteiger partial charge in [0.05, 0.1) is 28.3 Å². The van der Waals surface area contributed by atoms with Gasteiger partial charge in [0, 0.05) is 58.0 Å². The maximum Gasteiger partial charge on any atom is 0.254 e. The van der Waals surface area contributed by atoms with E-state index in [4.69, 9.17) is 19.9 Å². The molecule has 12 rings (SSSR count). The van der Waals surface area contributed by atoms with E-state index >= 15 is 0 Å². The van der Waals surface area contributed by atoms with Gasteiger partial charge >= 0.3 is 0 Å². The fraction of sp³-hybridized carbons (Fsp3) is 0.0213. The summed E-state index contributed by atoms with van der Waals surface area (Å²) in [6.45, 7) is -0.0457. The van der Waals surface area contributed by atoms with Crippen LogP contribution in [0.3, 0.4) is 0 Å². The smallest absolute Gasteiger partial charge is 0.254 e. The third kappa shape index (κ3) is 4.22. The Morgan fingerprint density at radius 2 is 1.18 bits per heavy atom. The van der Waals surface area contributed by atoms with E-state index in [-0.39, 0.29) is 12.6 Å². The van der Waals surface area contributed by atoms with Crippen LogP contribution in [0.1, 0.15) is 22.9 Å². The minimum Gasteiger partial charge on any atom is -0.296 e. The number of fused-ring (bicyclic) bond motifs is 9. The predicted octanol–water partition coefficient (Wildman–Crippen LogP) is 8.10. The molecule has 0 N–H and O–H groups in total. The normalized spacial score (nSPS) is 12.8. The fourth-order valence-corrected chi connectivity index (χ4v) is 9.32. The van der Waals surface area contributed by atoms with Crippen molar-refractivity contribution in [2.75, 3.05) is 4.90 Å². The molecule has 2 aliphatic rings. The Balaban J connectivity index is 1.29. The number of nitrogens with zero attached hydrogens (tertiary/aromatic N) is 7. The van der Waals surface area contributed by atoms with Gasteiger partial charge < -0.3 is 0 Å². The average molecular weight is 704 g/mol. The first kappa shape index (κ1) is 30.2. The number of hydrogen-bond acceptors (Lipinski definition) is 5. The lowest BCUT2D eigenvalue weighted by atomic mass is 9.34. The molecule has 6 aromatic heterocycles. The Morgan fingerprint density at radius 1 is 0.509 bits per heavy atom. The largest absolute Gasteiger partial charge is 0.296 e. The summed E-state index contributed by atoms with van der Waals surface area (Å²) in [6, 6.07) is 53.7. The summed E-state index contributed by atoms with van der Waals surface area (Å²) in [7, 11) is 0. The van der Waals surface area contributed by atoms with Gasteiger partial charge in [0.15, 0.2) is 0 Å². The Labute approximate surface area is 316 Å². The lowest BCUT2D eigenvalue weighted by molar-refractivity contribution is 0.873. The van der Waals surface area contributed by atoms with Gasteiger partial charge in [0.1, 0.15) is 17.3 Å². The van der Waals surface area contributed by atoms with Crippen molar-refractivity contribution in [1.82, 2.24) is 29.1 Å². The highest BCUT2D eigenvalue weighted by atomic mass is 15.2. The van der Waals surface area contributed by atoms with Crippen molar-refractivity contribution in [3.05, 3.63) is 193 Å². The van der Waals surface area contributed by atoms with Gasteiger partial charge in [0.2, 0.25) is 0 Å². The second kappa shape index (κ2) is 11.6. The molecule has 0 spiro atoms. The fourth-order valence-electron chi connectivity index (χ4n) is 9.32. The molecule has 0 amide bonds. The number of aromatic nitrogens is 6. The summed E-state index contributed by atoms with van der Waals surface area (Å²) in [5, 5.41) is 3.63. The second-order valence-corrected chi connectivity index (χ2v) is 14.3. The van der Waals surface area contributed by atoms with Crippen LogP contribution < -0.4 is 21.3 Å². The van der Waals surface area contributed by atoms with Crippen molar-refractivity contribution in [3.8, 4) is 11.5 Å². The molecule has 0 fully saturated rings. The molecule has 0 bridgehead atoms. The third-order valence-electron chi connectivity index (χ3n) is 11.4. The van der Waals surface area contributed by atoms with Crippen molar-refractivity contribution < 1.29 is 0 Å². The van der Waals surface area contributed by atoms with E-state index in [0.29, 0.717) is 0 Å². The average Bonchev–Trinajstić information content (AvgIpc) is 3.77. The summed E-state index contributed by atoms with van der Waals surface area (Å²) >= 11 is 0. The first-order chi connectivity index (χ1) is 27.3. The summed E-state index contributed by atoms with van der Waals surface area (Å²) in [6.07, 6.45) is 7.55. The van der Waals surface area contributed by atoms with Gasteiger partial charge in [0.25, 0.3) is 6.71 Å². The summed E-state index contributed by atoms with van der Waals surface area (Å²) in [4.78, 5) is 22.4. The van der Waals surface area contributed by atoms with Gasteiger partial charge in [-0.05, 0) is 94.7 Å². The number of benzene rings is 4. The SMILES string of the molecule is c1ccc(N2c3cc(C(c4ccccn4)c4ccccn4)cc4c3B(c3cccnc32)c2cccc3c5c6ccccc6n(-c6ccccn6)c5n-4c23)cc1. The highest BCUT2D eigenvalue weighted by Crippen LogP contribution is 2.45. The Hall–Kier alpha value is -7.32.